The van der Waals surface area contributed by atoms with Crippen LogP contribution in [0.2, 0.25) is 0 Å². The van der Waals surface area contributed by atoms with E-state index in [1.165, 1.54) is 25.4 Å². The van der Waals surface area contributed by atoms with E-state index in [-0.39, 0.29) is 24.6 Å². The largest absolute Gasteiger partial charge is 1.00 e. The van der Waals surface area contributed by atoms with Gasteiger partial charge in [-0.1, -0.05) is 12.7 Å². The molecule has 14 heavy (non-hydrogen) atoms. The maximum absolute atomic E-state index is 10.4. The standard InChI is InChI=1S/C9H9NO3.Li/c1-3-6-5-10-7(9(11)12)4-8(6)13-2;/h3-5H,1H2,2H3,(H,11,12);/q;+1/p-1. The molecule has 0 aliphatic heterocycles. The topological polar surface area (TPSA) is 62.2 Å². The van der Waals surface area contributed by atoms with Crippen LogP contribution < -0.4 is 28.7 Å². The van der Waals surface area contributed by atoms with Crippen molar-refractivity contribution < 1.29 is 33.5 Å². The average Bonchev–Trinajstić information content (AvgIpc) is 2.16. The van der Waals surface area contributed by atoms with Crippen molar-refractivity contribution in [2.75, 3.05) is 7.11 Å². The molecule has 5 heteroatoms. The molecule has 0 spiro atoms. The average molecular weight is 185 g/mol. The molecule has 1 aromatic rings. The molecule has 1 rings (SSSR count). The minimum Gasteiger partial charge on any atom is -0.543 e. The molecule has 0 bridgehead atoms. The second-order valence-electron chi connectivity index (χ2n) is 2.30. The van der Waals surface area contributed by atoms with E-state index in [1.807, 2.05) is 0 Å². The third-order valence-corrected chi connectivity index (χ3v) is 1.54. The fourth-order valence-electron chi connectivity index (χ4n) is 0.889. The molecule has 68 valence electrons. The van der Waals surface area contributed by atoms with Gasteiger partial charge in [-0.15, -0.1) is 0 Å². The van der Waals surface area contributed by atoms with Crippen molar-refractivity contribution in [3.8, 4) is 5.75 Å². The van der Waals surface area contributed by atoms with Crippen molar-refractivity contribution in [2.45, 2.75) is 0 Å². The van der Waals surface area contributed by atoms with Crippen LogP contribution in [0.15, 0.2) is 18.8 Å². The molecule has 0 N–H and O–H groups in total. The molecular formula is C9H8LiNO3. The van der Waals surface area contributed by atoms with Crippen LogP contribution in [-0.4, -0.2) is 18.1 Å². The summed E-state index contributed by atoms with van der Waals surface area (Å²) in [7, 11) is 1.45. The van der Waals surface area contributed by atoms with E-state index in [0.717, 1.165) is 0 Å². The molecule has 0 aliphatic rings. The first kappa shape index (κ1) is 12.8. The number of hydrogen-bond donors (Lipinski definition) is 0. The SMILES string of the molecule is C=Cc1cnc(C(=O)[O-])cc1OC.[Li+]. The van der Waals surface area contributed by atoms with Gasteiger partial charge in [0, 0.05) is 17.8 Å². The maximum Gasteiger partial charge on any atom is 1.00 e. The van der Waals surface area contributed by atoms with Crippen LogP contribution in [0.3, 0.4) is 0 Å². The first-order chi connectivity index (χ1) is 6.19. The van der Waals surface area contributed by atoms with Crippen LogP contribution in [-0.2, 0) is 0 Å². The molecule has 0 atom stereocenters. The summed E-state index contributed by atoms with van der Waals surface area (Å²) in [6.45, 7) is 3.53. The second-order valence-corrected chi connectivity index (χ2v) is 2.30. The normalized spacial score (nSPS) is 8.64. The fourth-order valence-corrected chi connectivity index (χ4v) is 0.889. The Bertz CT molecular complexity index is 352. The Morgan fingerprint density at radius 1 is 1.71 bits per heavy atom. The molecule has 0 aromatic carbocycles. The Labute approximate surface area is 93.8 Å². The van der Waals surface area contributed by atoms with E-state index in [9.17, 15) is 9.90 Å². The summed E-state index contributed by atoms with van der Waals surface area (Å²) in [5.74, 6) is -0.905. The van der Waals surface area contributed by atoms with E-state index in [4.69, 9.17) is 4.74 Å². The Hall–Kier alpha value is -1.24. The van der Waals surface area contributed by atoms with Gasteiger partial charge in [0.15, 0.2) is 0 Å². The zero-order chi connectivity index (χ0) is 9.84. The van der Waals surface area contributed by atoms with E-state index in [1.54, 1.807) is 0 Å². The number of aromatic nitrogens is 1. The summed E-state index contributed by atoms with van der Waals surface area (Å²) in [6.07, 6.45) is 2.90. The Morgan fingerprint density at radius 3 is 2.79 bits per heavy atom. The molecule has 4 nitrogen and oxygen atoms in total. The van der Waals surface area contributed by atoms with Crippen LogP contribution in [0, 0.1) is 0 Å². The first-order valence-electron chi connectivity index (χ1n) is 3.57. The summed E-state index contributed by atoms with van der Waals surface area (Å²) >= 11 is 0. The minimum absolute atomic E-state index is 0. The quantitative estimate of drug-likeness (QED) is 0.474. The van der Waals surface area contributed by atoms with Gasteiger partial charge in [0.1, 0.15) is 5.75 Å². The molecule has 0 aliphatic carbocycles. The van der Waals surface area contributed by atoms with Gasteiger partial charge in [0.2, 0.25) is 0 Å². The molecule has 0 saturated carbocycles. The van der Waals surface area contributed by atoms with Crippen molar-refractivity contribution in [1.29, 1.82) is 0 Å². The summed E-state index contributed by atoms with van der Waals surface area (Å²) in [6, 6.07) is 1.30. The number of carboxylic acids is 1. The van der Waals surface area contributed by atoms with Gasteiger partial charge in [-0.25, -0.2) is 0 Å². The first-order valence-corrected chi connectivity index (χ1v) is 3.57. The van der Waals surface area contributed by atoms with E-state index >= 15 is 0 Å². The molecule has 0 amide bonds. The van der Waals surface area contributed by atoms with E-state index < -0.39 is 5.97 Å². The molecule has 0 saturated heterocycles. The smallest absolute Gasteiger partial charge is 0.543 e. The van der Waals surface area contributed by atoms with Gasteiger partial charge in [-0.05, 0) is 0 Å². The Morgan fingerprint density at radius 2 is 2.36 bits per heavy atom. The second kappa shape index (κ2) is 5.48. The van der Waals surface area contributed by atoms with Crippen LogP contribution in [0.25, 0.3) is 6.08 Å². The molecule has 0 fully saturated rings. The van der Waals surface area contributed by atoms with Crippen LogP contribution in [0.4, 0.5) is 0 Å². The third-order valence-electron chi connectivity index (χ3n) is 1.54. The minimum atomic E-state index is -1.33. The zero-order valence-corrected chi connectivity index (χ0v) is 8.11. The number of ether oxygens (including phenoxy) is 1. The summed E-state index contributed by atoms with van der Waals surface area (Å²) < 4.78 is 4.92. The molecule has 0 unspecified atom stereocenters. The molecular weight excluding hydrogens is 177 g/mol. The number of carboxylic acid groups (broad SMARTS) is 1. The van der Waals surface area contributed by atoms with Crippen LogP contribution in [0.1, 0.15) is 16.1 Å². The van der Waals surface area contributed by atoms with Gasteiger partial charge in [0.25, 0.3) is 0 Å². The fraction of sp³-hybridized carbons (Fsp3) is 0.111. The third kappa shape index (κ3) is 2.62. The van der Waals surface area contributed by atoms with Crippen molar-refractivity contribution >= 4 is 12.0 Å². The zero-order valence-electron chi connectivity index (χ0n) is 8.11. The van der Waals surface area contributed by atoms with E-state index in [2.05, 4.69) is 11.6 Å². The predicted octanol–water partition coefficient (Wildman–Crippen LogP) is -2.90. The number of pyridine rings is 1. The van der Waals surface area contributed by atoms with Crippen molar-refractivity contribution in [3.05, 3.63) is 30.1 Å². The van der Waals surface area contributed by atoms with Crippen molar-refractivity contribution in [1.82, 2.24) is 4.98 Å². The number of hydrogen-bond acceptors (Lipinski definition) is 4. The number of rotatable bonds is 3. The van der Waals surface area contributed by atoms with Gasteiger partial charge in [0.05, 0.1) is 18.8 Å². The Balaban J connectivity index is 0.00000169. The number of carbonyl (C=O) groups is 1. The predicted molar refractivity (Wildman–Crippen MR) is 45.2 cm³/mol. The van der Waals surface area contributed by atoms with Crippen LogP contribution >= 0.6 is 0 Å². The van der Waals surface area contributed by atoms with Gasteiger partial charge in [-0.2, -0.15) is 0 Å². The molecule has 0 radical (unpaired) electrons. The summed E-state index contributed by atoms with van der Waals surface area (Å²) in [4.78, 5) is 14.1. The van der Waals surface area contributed by atoms with Crippen LogP contribution in [0.5, 0.6) is 5.75 Å². The maximum atomic E-state index is 10.4. The Kier molecular flexibility index (Phi) is 4.99. The number of nitrogens with zero attached hydrogens (tertiary/aromatic N) is 1. The van der Waals surface area contributed by atoms with Crippen molar-refractivity contribution in [2.24, 2.45) is 0 Å². The van der Waals surface area contributed by atoms with Crippen molar-refractivity contribution in [3.63, 3.8) is 0 Å². The summed E-state index contributed by atoms with van der Waals surface area (Å²) in [5.41, 5.74) is 0.495. The number of aromatic carboxylic acids is 1. The number of carbonyl (C=O) groups excluding carboxylic acids is 1. The number of methoxy groups -OCH3 is 1. The summed E-state index contributed by atoms with van der Waals surface area (Å²) in [5, 5.41) is 10.4. The van der Waals surface area contributed by atoms with E-state index in [0.29, 0.717) is 11.3 Å². The monoisotopic (exact) mass is 185 g/mol. The molecule has 1 aromatic heterocycles. The molecule has 1 heterocycles. The van der Waals surface area contributed by atoms with Gasteiger partial charge >= 0.3 is 18.9 Å². The van der Waals surface area contributed by atoms with Gasteiger partial charge in [-0.3, -0.25) is 4.98 Å². The van der Waals surface area contributed by atoms with Gasteiger partial charge < -0.3 is 14.6 Å².